The van der Waals surface area contributed by atoms with Gasteiger partial charge in [0, 0.05) is 16.0 Å². The zero-order chi connectivity index (χ0) is 9.97. The molecule has 0 spiro atoms. The topological polar surface area (TPSA) is 29.3 Å². The summed E-state index contributed by atoms with van der Waals surface area (Å²) in [5.41, 5.74) is 5.93. The molecule has 1 saturated carbocycles. The van der Waals surface area contributed by atoms with Crippen LogP contribution in [0.15, 0.2) is 0 Å². The Morgan fingerprint density at radius 3 is 2.07 bits per heavy atom. The lowest BCUT2D eigenvalue weighted by Crippen LogP contribution is -2.44. The van der Waals surface area contributed by atoms with Crippen molar-refractivity contribution in [2.24, 2.45) is 5.73 Å². The molecular weight excluding hydrogens is 287 g/mol. The molecule has 0 bridgehead atoms. The maximum atomic E-state index is 5.93. The highest BCUT2D eigenvalue weighted by atomic mass is 127. The van der Waals surface area contributed by atoms with Gasteiger partial charge in [0.15, 0.2) is 0 Å². The molecule has 1 aliphatic heterocycles. The van der Waals surface area contributed by atoms with E-state index >= 15 is 0 Å². The van der Waals surface area contributed by atoms with Crippen LogP contribution >= 0.6 is 22.6 Å². The van der Waals surface area contributed by atoms with E-state index in [2.05, 4.69) is 27.5 Å². The SMILES string of the molecule is NC1CCC(N2CCC(I)CC2)CC1. The number of piperidine rings is 1. The average molecular weight is 308 g/mol. The summed E-state index contributed by atoms with van der Waals surface area (Å²) < 4.78 is 0.926. The minimum Gasteiger partial charge on any atom is -0.328 e. The van der Waals surface area contributed by atoms with Crippen LogP contribution in [0, 0.1) is 0 Å². The van der Waals surface area contributed by atoms with Crippen molar-refractivity contribution in [3.63, 3.8) is 0 Å². The Hall–Kier alpha value is 0.650. The molecule has 1 saturated heterocycles. The Morgan fingerprint density at radius 2 is 1.50 bits per heavy atom. The number of alkyl halides is 1. The molecule has 3 heteroatoms. The van der Waals surface area contributed by atoms with Gasteiger partial charge in [-0.05, 0) is 51.6 Å². The van der Waals surface area contributed by atoms with Gasteiger partial charge >= 0.3 is 0 Å². The van der Waals surface area contributed by atoms with E-state index in [9.17, 15) is 0 Å². The van der Waals surface area contributed by atoms with Crippen LogP contribution in [0.1, 0.15) is 38.5 Å². The molecular formula is C11H21IN2. The molecule has 0 atom stereocenters. The smallest absolute Gasteiger partial charge is 0.0134 e. The molecule has 2 fully saturated rings. The molecule has 14 heavy (non-hydrogen) atoms. The largest absolute Gasteiger partial charge is 0.328 e. The van der Waals surface area contributed by atoms with Crippen molar-refractivity contribution in [3.8, 4) is 0 Å². The number of nitrogens with zero attached hydrogens (tertiary/aromatic N) is 1. The highest BCUT2D eigenvalue weighted by Crippen LogP contribution is 2.26. The molecule has 0 unspecified atom stereocenters. The Bertz CT molecular complexity index is 150. The van der Waals surface area contributed by atoms with Crippen molar-refractivity contribution < 1.29 is 0 Å². The van der Waals surface area contributed by atoms with Gasteiger partial charge < -0.3 is 10.6 Å². The van der Waals surface area contributed by atoms with Crippen molar-refractivity contribution in [1.29, 1.82) is 0 Å². The van der Waals surface area contributed by atoms with Crippen molar-refractivity contribution in [2.45, 2.75) is 54.5 Å². The maximum absolute atomic E-state index is 5.93. The third-order valence-electron chi connectivity index (χ3n) is 3.72. The van der Waals surface area contributed by atoms with E-state index in [0.717, 1.165) is 9.97 Å². The molecule has 2 N–H and O–H groups in total. The van der Waals surface area contributed by atoms with Gasteiger partial charge in [0.1, 0.15) is 0 Å². The minimum absolute atomic E-state index is 0.494. The van der Waals surface area contributed by atoms with Crippen LogP contribution in [0.25, 0.3) is 0 Å². The summed E-state index contributed by atoms with van der Waals surface area (Å²) in [6.07, 6.45) is 7.95. The summed E-state index contributed by atoms with van der Waals surface area (Å²) in [6, 6.07) is 1.35. The molecule has 0 aromatic heterocycles. The van der Waals surface area contributed by atoms with Gasteiger partial charge in [-0.15, -0.1) is 0 Å². The lowest BCUT2D eigenvalue weighted by Gasteiger charge is -2.39. The van der Waals surface area contributed by atoms with Crippen LogP contribution in [0.4, 0.5) is 0 Å². The van der Waals surface area contributed by atoms with Gasteiger partial charge in [0.2, 0.25) is 0 Å². The van der Waals surface area contributed by atoms with Crippen LogP contribution in [0.5, 0.6) is 0 Å². The third kappa shape index (κ3) is 2.83. The van der Waals surface area contributed by atoms with Crippen LogP contribution in [0.3, 0.4) is 0 Å². The fourth-order valence-corrected chi connectivity index (χ4v) is 3.26. The standard InChI is InChI=1S/C11H21IN2/c12-9-5-7-14(8-6-9)11-3-1-10(13)2-4-11/h9-11H,1-8,13H2. The normalized spacial score (nSPS) is 37.3. The van der Waals surface area contributed by atoms with Crippen molar-refractivity contribution >= 4 is 22.6 Å². The number of hydrogen-bond acceptors (Lipinski definition) is 2. The summed E-state index contributed by atoms with van der Waals surface area (Å²) in [5, 5.41) is 0. The lowest BCUT2D eigenvalue weighted by atomic mass is 9.90. The molecule has 2 aliphatic rings. The molecule has 0 aromatic rings. The second-order valence-electron chi connectivity index (χ2n) is 4.78. The molecule has 1 heterocycles. The fraction of sp³-hybridized carbons (Fsp3) is 1.00. The van der Waals surface area contributed by atoms with Gasteiger partial charge in [-0.2, -0.15) is 0 Å². The van der Waals surface area contributed by atoms with E-state index in [4.69, 9.17) is 5.73 Å². The van der Waals surface area contributed by atoms with Crippen LogP contribution < -0.4 is 5.73 Å². The van der Waals surface area contributed by atoms with Crippen molar-refractivity contribution in [1.82, 2.24) is 4.90 Å². The van der Waals surface area contributed by atoms with E-state index < -0.39 is 0 Å². The van der Waals surface area contributed by atoms with Crippen LogP contribution in [-0.2, 0) is 0 Å². The molecule has 2 nitrogen and oxygen atoms in total. The maximum Gasteiger partial charge on any atom is 0.0134 e. The van der Waals surface area contributed by atoms with E-state index in [1.807, 2.05) is 0 Å². The Labute approximate surface area is 101 Å². The zero-order valence-corrected chi connectivity index (χ0v) is 10.9. The van der Waals surface area contributed by atoms with Crippen molar-refractivity contribution in [3.05, 3.63) is 0 Å². The third-order valence-corrected chi connectivity index (χ3v) is 4.96. The molecule has 0 radical (unpaired) electrons. The van der Waals surface area contributed by atoms with Gasteiger partial charge in [-0.1, -0.05) is 22.6 Å². The van der Waals surface area contributed by atoms with Gasteiger partial charge in [0.05, 0.1) is 0 Å². The molecule has 0 aromatic carbocycles. The van der Waals surface area contributed by atoms with Crippen LogP contribution in [-0.4, -0.2) is 34.0 Å². The molecule has 0 amide bonds. The number of rotatable bonds is 1. The van der Waals surface area contributed by atoms with E-state index in [0.29, 0.717) is 6.04 Å². The second-order valence-corrected chi connectivity index (χ2v) is 6.54. The first kappa shape index (κ1) is 11.1. The van der Waals surface area contributed by atoms with E-state index in [-0.39, 0.29) is 0 Å². The molecule has 82 valence electrons. The summed E-state index contributed by atoms with van der Waals surface area (Å²) in [7, 11) is 0. The van der Waals surface area contributed by atoms with E-state index in [1.165, 1.54) is 51.6 Å². The predicted octanol–water partition coefficient (Wildman–Crippen LogP) is 2.16. The quantitative estimate of drug-likeness (QED) is 0.594. The first-order valence-electron chi connectivity index (χ1n) is 5.89. The van der Waals surface area contributed by atoms with Gasteiger partial charge in [-0.25, -0.2) is 0 Å². The molecule has 1 aliphatic carbocycles. The summed E-state index contributed by atoms with van der Waals surface area (Å²) in [6.45, 7) is 2.65. The predicted molar refractivity (Wildman–Crippen MR) is 68.8 cm³/mol. The van der Waals surface area contributed by atoms with Gasteiger partial charge in [0.25, 0.3) is 0 Å². The average Bonchev–Trinajstić information content (AvgIpc) is 2.21. The Kier molecular flexibility index (Phi) is 4.08. The Morgan fingerprint density at radius 1 is 0.929 bits per heavy atom. The van der Waals surface area contributed by atoms with E-state index in [1.54, 1.807) is 0 Å². The first-order valence-corrected chi connectivity index (χ1v) is 7.14. The lowest BCUT2D eigenvalue weighted by molar-refractivity contribution is 0.129. The molecule has 2 rings (SSSR count). The number of hydrogen-bond donors (Lipinski definition) is 1. The van der Waals surface area contributed by atoms with Crippen LogP contribution in [0.2, 0.25) is 0 Å². The minimum atomic E-state index is 0.494. The second kappa shape index (κ2) is 5.12. The van der Waals surface area contributed by atoms with Gasteiger partial charge in [-0.3, -0.25) is 0 Å². The highest BCUT2D eigenvalue weighted by Gasteiger charge is 2.26. The number of likely N-dealkylation sites (tertiary alicyclic amines) is 1. The summed E-state index contributed by atoms with van der Waals surface area (Å²) >= 11 is 2.59. The van der Waals surface area contributed by atoms with Crippen molar-refractivity contribution in [2.75, 3.05) is 13.1 Å². The number of halogens is 1. The highest BCUT2D eigenvalue weighted by molar-refractivity contribution is 14.1. The Balaban J connectivity index is 1.78. The summed E-state index contributed by atoms with van der Waals surface area (Å²) in [4.78, 5) is 2.71. The first-order chi connectivity index (χ1) is 6.75. The fourth-order valence-electron chi connectivity index (χ4n) is 2.70. The zero-order valence-electron chi connectivity index (χ0n) is 8.79. The monoisotopic (exact) mass is 308 g/mol. The number of nitrogens with two attached hydrogens (primary N) is 1. The summed E-state index contributed by atoms with van der Waals surface area (Å²) in [5.74, 6) is 0.